The summed E-state index contributed by atoms with van der Waals surface area (Å²) in [5.74, 6) is 0.349. The Morgan fingerprint density at radius 2 is 2.19 bits per heavy atom. The molecule has 6 nitrogen and oxygen atoms in total. The predicted molar refractivity (Wildman–Crippen MR) is 79.5 cm³/mol. The van der Waals surface area contributed by atoms with Gasteiger partial charge in [0.1, 0.15) is 5.56 Å². The summed E-state index contributed by atoms with van der Waals surface area (Å²) in [7, 11) is 0. The predicted octanol–water partition coefficient (Wildman–Crippen LogP) is 3.02. The van der Waals surface area contributed by atoms with E-state index in [2.05, 4.69) is 5.10 Å². The average molecular weight is 289 g/mol. The second-order valence-electron chi connectivity index (χ2n) is 4.80. The SMILES string of the molecule is CCOC(=O)c1cccc(N)c1Oc1cnn(C(C)C)c1. The molecule has 0 saturated carbocycles. The lowest BCUT2D eigenvalue weighted by molar-refractivity contribution is 0.0523. The van der Waals surface area contributed by atoms with E-state index in [1.807, 2.05) is 13.8 Å². The van der Waals surface area contributed by atoms with Crippen molar-refractivity contribution in [3.63, 3.8) is 0 Å². The fourth-order valence-electron chi connectivity index (χ4n) is 1.81. The molecule has 2 rings (SSSR count). The number of nitrogen functional groups attached to an aromatic ring is 1. The van der Waals surface area contributed by atoms with Gasteiger partial charge in [0.05, 0.1) is 24.7 Å². The molecule has 1 aromatic heterocycles. The minimum atomic E-state index is -0.462. The molecule has 21 heavy (non-hydrogen) atoms. The van der Waals surface area contributed by atoms with E-state index in [9.17, 15) is 4.79 Å². The van der Waals surface area contributed by atoms with Gasteiger partial charge in [0.15, 0.2) is 11.5 Å². The molecule has 1 aromatic carbocycles. The fraction of sp³-hybridized carbons (Fsp3) is 0.333. The van der Waals surface area contributed by atoms with Crippen molar-refractivity contribution in [3.8, 4) is 11.5 Å². The minimum absolute atomic E-state index is 0.222. The lowest BCUT2D eigenvalue weighted by Crippen LogP contribution is -2.07. The number of hydrogen-bond donors (Lipinski definition) is 1. The number of para-hydroxylation sites is 1. The zero-order valence-electron chi connectivity index (χ0n) is 12.4. The highest BCUT2D eigenvalue weighted by Crippen LogP contribution is 2.32. The molecule has 6 heteroatoms. The molecule has 0 fully saturated rings. The van der Waals surface area contributed by atoms with Crippen molar-refractivity contribution in [2.45, 2.75) is 26.8 Å². The molecule has 2 N–H and O–H groups in total. The van der Waals surface area contributed by atoms with Crippen LogP contribution in [0.4, 0.5) is 5.69 Å². The first-order valence-electron chi connectivity index (χ1n) is 6.80. The van der Waals surface area contributed by atoms with Crippen LogP contribution in [-0.2, 0) is 4.74 Å². The Hall–Kier alpha value is -2.50. The normalized spacial score (nSPS) is 10.7. The van der Waals surface area contributed by atoms with Crippen LogP contribution in [0.1, 0.15) is 37.2 Å². The summed E-state index contributed by atoms with van der Waals surface area (Å²) in [4.78, 5) is 11.9. The van der Waals surface area contributed by atoms with E-state index in [0.717, 1.165) is 0 Å². The number of nitrogens with zero attached hydrogens (tertiary/aromatic N) is 2. The van der Waals surface area contributed by atoms with Crippen LogP contribution in [0, 0.1) is 0 Å². The molecule has 0 atom stereocenters. The smallest absolute Gasteiger partial charge is 0.342 e. The van der Waals surface area contributed by atoms with Crippen LogP contribution < -0.4 is 10.5 Å². The van der Waals surface area contributed by atoms with Crippen LogP contribution >= 0.6 is 0 Å². The van der Waals surface area contributed by atoms with Gasteiger partial charge in [-0.1, -0.05) is 6.07 Å². The molecule has 1 heterocycles. The van der Waals surface area contributed by atoms with Gasteiger partial charge < -0.3 is 15.2 Å². The topological polar surface area (TPSA) is 79.4 Å². The maximum absolute atomic E-state index is 11.9. The number of carbonyl (C=O) groups is 1. The quantitative estimate of drug-likeness (QED) is 0.676. The lowest BCUT2D eigenvalue weighted by atomic mass is 10.1. The zero-order valence-corrected chi connectivity index (χ0v) is 12.4. The summed E-state index contributed by atoms with van der Waals surface area (Å²) in [5, 5.41) is 4.19. The Morgan fingerprint density at radius 3 is 2.81 bits per heavy atom. The second kappa shape index (κ2) is 6.30. The number of rotatable bonds is 5. The summed E-state index contributed by atoms with van der Waals surface area (Å²) in [6.45, 7) is 6.06. The molecule has 2 aromatic rings. The first kappa shape index (κ1) is 14.9. The molecule has 0 saturated heterocycles. The van der Waals surface area contributed by atoms with Crippen molar-refractivity contribution in [1.82, 2.24) is 9.78 Å². The van der Waals surface area contributed by atoms with Crippen LogP contribution in [-0.4, -0.2) is 22.4 Å². The van der Waals surface area contributed by atoms with Crippen LogP contribution in [0.3, 0.4) is 0 Å². The van der Waals surface area contributed by atoms with E-state index < -0.39 is 5.97 Å². The first-order valence-corrected chi connectivity index (χ1v) is 6.80. The number of aromatic nitrogens is 2. The van der Waals surface area contributed by atoms with E-state index in [1.54, 1.807) is 42.2 Å². The summed E-state index contributed by atoms with van der Waals surface area (Å²) in [5.41, 5.74) is 6.58. The molecule has 0 aliphatic carbocycles. The van der Waals surface area contributed by atoms with Crippen molar-refractivity contribution >= 4 is 11.7 Å². The lowest BCUT2D eigenvalue weighted by Gasteiger charge is -2.11. The molecule has 0 aliphatic heterocycles. The standard InChI is InChI=1S/C15H19N3O3/c1-4-20-15(19)12-6-5-7-13(16)14(12)21-11-8-17-18(9-11)10(2)3/h5-10H,4,16H2,1-3H3. The maximum atomic E-state index is 11.9. The van der Waals surface area contributed by atoms with Crippen molar-refractivity contribution in [2.75, 3.05) is 12.3 Å². The van der Waals surface area contributed by atoms with Crippen molar-refractivity contribution in [3.05, 3.63) is 36.2 Å². The van der Waals surface area contributed by atoms with Crippen molar-refractivity contribution in [2.24, 2.45) is 0 Å². The van der Waals surface area contributed by atoms with Gasteiger partial charge in [-0.3, -0.25) is 4.68 Å². The summed E-state index contributed by atoms with van der Waals surface area (Å²) < 4.78 is 12.5. The Balaban J connectivity index is 2.31. The van der Waals surface area contributed by atoms with Gasteiger partial charge in [0.25, 0.3) is 0 Å². The third kappa shape index (κ3) is 3.34. The number of nitrogens with two attached hydrogens (primary N) is 1. The van der Waals surface area contributed by atoms with Gasteiger partial charge in [-0.05, 0) is 32.9 Å². The molecule has 0 aliphatic rings. The molecule has 0 bridgehead atoms. The molecule has 0 amide bonds. The van der Waals surface area contributed by atoms with Gasteiger partial charge in [0, 0.05) is 6.04 Å². The number of benzene rings is 1. The number of hydrogen-bond acceptors (Lipinski definition) is 5. The number of ether oxygens (including phenoxy) is 2. The maximum Gasteiger partial charge on any atom is 0.342 e. The molecule has 112 valence electrons. The minimum Gasteiger partial charge on any atom is -0.462 e. The largest absolute Gasteiger partial charge is 0.462 e. The molecular formula is C15H19N3O3. The third-order valence-corrected chi connectivity index (χ3v) is 2.87. The van der Waals surface area contributed by atoms with Gasteiger partial charge in [-0.2, -0.15) is 5.10 Å². The molecule has 0 radical (unpaired) electrons. The first-order chi connectivity index (χ1) is 10.0. The Kier molecular flexibility index (Phi) is 4.47. The second-order valence-corrected chi connectivity index (χ2v) is 4.80. The average Bonchev–Trinajstić information content (AvgIpc) is 2.90. The highest BCUT2D eigenvalue weighted by Gasteiger charge is 2.17. The monoisotopic (exact) mass is 289 g/mol. The Bertz CT molecular complexity index is 635. The van der Waals surface area contributed by atoms with Gasteiger partial charge >= 0.3 is 5.97 Å². The summed E-state index contributed by atoms with van der Waals surface area (Å²) >= 11 is 0. The highest BCUT2D eigenvalue weighted by molar-refractivity contribution is 5.94. The van der Waals surface area contributed by atoms with Crippen LogP contribution in [0.15, 0.2) is 30.6 Å². The van der Waals surface area contributed by atoms with E-state index in [1.165, 1.54) is 0 Å². The van der Waals surface area contributed by atoms with Crippen LogP contribution in [0.2, 0.25) is 0 Å². The van der Waals surface area contributed by atoms with Gasteiger partial charge in [-0.15, -0.1) is 0 Å². The summed E-state index contributed by atoms with van der Waals surface area (Å²) in [6, 6.07) is 5.20. The Morgan fingerprint density at radius 1 is 1.43 bits per heavy atom. The van der Waals surface area contributed by atoms with E-state index in [-0.39, 0.29) is 6.04 Å². The third-order valence-electron chi connectivity index (χ3n) is 2.87. The number of anilines is 1. The molecular weight excluding hydrogens is 270 g/mol. The fourth-order valence-corrected chi connectivity index (χ4v) is 1.81. The molecule has 0 spiro atoms. The highest BCUT2D eigenvalue weighted by atomic mass is 16.5. The number of carbonyl (C=O) groups excluding carboxylic acids is 1. The van der Waals surface area contributed by atoms with Gasteiger partial charge in [-0.25, -0.2) is 4.79 Å². The Labute approximate surface area is 123 Å². The van der Waals surface area contributed by atoms with Crippen molar-refractivity contribution in [1.29, 1.82) is 0 Å². The van der Waals surface area contributed by atoms with Crippen LogP contribution in [0.25, 0.3) is 0 Å². The zero-order chi connectivity index (χ0) is 15.4. The van der Waals surface area contributed by atoms with E-state index >= 15 is 0 Å². The van der Waals surface area contributed by atoms with E-state index in [0.29, 0.717) is 29.4 Å². The van der Waals surface area contributed by atoms with Crippen LogP contribution in [0.5, 0.6) is 11.5 Å². The summed E-state index contributed by atoms with van der Waals surface area (Å²) in [6.07, 6.45) is 3.34. The van der Waals surface area contributed by atoms with Crippen molar-refractivity contribution < 1.29 is 14.3 Å². The molecule has 0 unspecified atom stereocenters. The number of esters is 1. The van der Waals surface area contributed by atoms with E-state index in [4.69, 9.17) is 15.2 Å². The van der Waals surface area contributed by atoms with Gasteiger partial charge in [0.2, 0.25) is 0 Å².